The van der Waals surface area contributed by atoms with E-state index in [4.69, 9.17) is 0 Å². The van der Waals surface area contributed by atoms with Crippen molar-refractivity contribution >= 4 is 35.6 Å². The van der Waals surface area contributed by atoms with Crippen LogP contribution < -0.4 is 10.6 Å². The number of nitro benzene ring substituents is 1. The van der Waals surface area contributed by atoms with Gasteiger partial charge in [-0.05, 0) is 32.8 Å². The van der Waals surface area contributed by atoms with E-state index in [0.29, 0.717) is 18.1 Å². The molecule has 148 valence electrons. The third kappa shape index (κ3) is 5.91. The summed E-state index contributed by atoms with van der Waals surface area (Å²) in [6, 6.07) is 6.83. The molecular formula is C18H27IN6O2. The number of nitro groups is 1. The van der Waals surface area contributed by atoms with Crippen molar-refractivity contribution in [1.82, 2.24) is 20.4 Å². The Kier molecular flexibility index (Phi) is 8.67. The molecule has 0 aliphatic carbocycles. The Morgan fingerprint density at radius 1 is 1.37 bits per heavy atom. The van der Waals surface area contributed by atoms with Gasteiger partial charge in [-0.1, -0.05) is 18.2 Å². The first-order valence-corrected chi connectivity index (χ1v) is 8.52. The smallest absolute Gasteiger partial charge is 0.274 e. The lowest BCUT2D eigenvalue weighted by molar-refractivity contribution is -0.385. The fraction of sp³-hybridized carbons (Fsp3) is 0.444. The van der Waals surface area contributed by atoms with E-state index in [9.17, 15) is 10.1 Å². The molecule has 0 aliphatic heterocycles. The van der Waals surface area contributed by atoms with Crippen molar-refractivity contribution in [2.24, 2.45) is 12.0 Å². The molecule has 1 aromatic carbocycles. The molecule has 0 bridgehead atoms. The molecule has 0 radical (unpaired) electrons. The number of para-hydroxylation sites is 1. The van der Waals surface area contributed by atoms with Crippen LogP contribution in [0.25, 0.3) is 0 Å². The van der Waals surface area contributed by atoms with Crippen LogP contribution in [0.2, 0.25) is 0 Å². The highest BCUT2D eigenvalue weighted by atomic mass is 127. The number of rotatable bonds is 6. The van der Waals surface area contributed by atoms with Crippen molar-refractivity contribution in [3.05, 3.63) is 56.9 Å². The molecule has 0 spiro atoms. The summed E-state index contributed by atoms with van der Waals surface area (Å²) in [6.07, 6.45) is 0.817. The van der Waals surface area contributed by atoms with Crippen LogP contribution in [0.3, 0.4) is 0 Å². The summed E-state index contributed by atoms with van der Waals surface area (Å²) in [5.41, 5.74) is 4.12. The Morgan fingerprint density at radius 3 is 2.59 bits per heavy atom. The molecule has 1 unspecified atom stereocenters. The maximum atomic E-state index is 11.1. The summed E-state index contributed by atoms with van der Waals surface area (Å²) >= 11 is 0. The van der Waals surface area contributed by atoms with Gasteiger partial charge in [-0.15, -0.1) is 24.0 Å². The summed E-state index contributed by atoms with van der Waals surface area (Å²) in [7, 11) is 3.62. The zero-order valence-corrected chi connectivity index (χ0v) is 18.6. The van der Waals surface area contributed by atoms with Gasteiger partial charge in [0.05, 0.1) is 10.6 Å². The highest BCUT2D eigenvalue weighted by Gasteiger charge is 2.15. The van der Waals surface area contributed by atoms with Gasteiger partial charge in [0.2, 0.25) is 0 Å². The summed E-state index contributed by atoms with van der Waals surface area (Å²) in [6.45, 7) is 6.47. The number of nitrogens with zero attached hydrogens (tertiary/aromatic N) is 4. The Hall–Kier alpha value is -2.17. The number of guanidine groups is 1. The van der Waals surface area contributed by atoms with Gasteiger partial charge in [0.25, 0.3) is 5.69 Å². The number of hydrogen-bond acceptors (Lipinski definition) is 4. The first-order valence-electron chi connectivity index (χ1n) is 8.52. The number of aliphatic imine (C=N–C) groups is 1. The van der Waals surface area contributed by atoms with Gasteiger partial charge in [-0.3, -0.25) is 19.8 Å². The predicted octanol–water partition coefficient (Wildman–Crippen LogP) is 2.86. The van der Waals surface area contributed by atoms with Crippen LogP contribution in [0.5, 0.6) is 0 Å². The summed E-state index contributed by atoms with van der Waals surface area (Å²) in [4.78, 5) is 14.9. The quantitative estimate of drug-likeness (QED) is 0.215. The minimum Gasteiger partial charge on any atom is -0.354 e. The second kappa shape index (κ2) is 10.2. The first kappa shape index (κ1) is 22.9. The molecule has 1 atom stereocenters. The zero-order valence-electron chi connectivity index (χ0n) is 16.3. The maximum Gasteiger partial charge on any atom is 0.274 e. The third-order valence-electron chi connectivity index (χ3n) is 4.41. The standard InChI is InChI=1S/C18H26N6O2.HI/c1-12(10-16-13(2)22-23(5)14(16)3)21-18(19-4)20-11-15-8-6-7-9-17(15)24(25)26;/h6-9,12H,10-11H2,1-5H3,(H2,19,20,21);1H. The Labute approximate surface area is 176 Å². The molecule has 0 fully saturated rings. The highest BCUT2D eigenvalue weighted by Crippen LogP contribution is 2.17. The molecule has 27 heavy (non-hydrogen) atoms. The third-order valence-corrected chi connectivity index (χ3v) is 4.41. The van der Waals surface area contributed by atoms with Crippen LogP contribution in [-0.2, 0) is 20.0 Å². The molecule has 2 aromatic rings. The average Bonchev–Trinajstić information content (AvgIpc) is 2.84. The fourth-order valence-corrected chi connectivity index (χ4v) is 2.92. The molecule has 0 aliphatic rings. The molecular weight excluding hydrogens is 459 g/mol. The van der Waals surface area contributed by atoms with Crippen LogP contribution in [0.4, 0.5) is 5.69 Å². The number of aryl methyl sites for hydroxylation is 2. The van der Waals surface area contributed by atoms with Crippen molar-refractivity contribution in [3.63, 3.8) is 0 Å². The molecule has 9 heteroatoms. The predicted molar refractivity (Wildman–Crippen MR) is 118 cm³/mol. The van der Waals surface area contributed by atoms with E-state index in [1.807, 2.05) is 18.7 Å². The number of aromatic nitrogens is 2. The van der Waals surface area contributed by atoms with Crippen molar-refractivity contribution in [1.29, 1.82) is 0 Å². The van der Waals surface area contributed by atoms with Crippen LogP contribution in [0, 0.1) is 24.0 Å². The molecule has 1 aromatic heterocycles. The Balaban J connectivity index is 0.00000364. The molecule has 1 heterocycles. The zero-order chi connectivity index (χ0) is 19.3. The van der Waals surface area contributed by atoms with Crippen molar-refractivity contribution in [3.8, 4) is 0 Å². The lowest BCUT2D eigenvalue weighted by Gasteiger charge is -2.18. The first-order chi connectivity index (χ1) is 12.3. The topological polar surface area (TPSA) is 97.4 Å². The number of benzene rings is 1. The van der Waals surface area contributed by atoms with Crippen LogP contribution in [0.1, 0.15) is 29.4 Å². The van der Waals surface area contributed by atoms with Crippen LogP contribution >= 0.6 is 24.0 Å². The van der Waals surface area contributed by atoms with Gasteiger partial charge in [-0.2, -0.15) is 5.10 Å². The summed E-state index contributed by atoms with van der Waals surface area (Å²) < 4.78 is 1.89. The number of hydrogen-bond donors (Lipinski definition) is 2. The normalized spacial score (nSPS) is 12.3. The maximum absolute atomic E-state index is 11.1. The van der Waals surface area contributed by atoms with E-state index in [-0.39, 0.29) is 40.6 Å². The molecule has 0 saturated heterocycles. The lowest BCUT2D eigenvalue weighted by Crippen LogP contribution is -2.42. The fourth-order valence-electron chi connectivity index (χ4n) is 2.92. The second-order valence-electron chi connectivity index (χ2n) is 6.33. The van der Waals surface area contributed by atoms with Gasteiger partial charge in [0.1, 0.15) is 0 Å². The van der Waals surface area contributed by atoms with E-state index in [0.717, 1.165) is 17.8 Å². The molecule has 2 rings (SSSR count). The van der Waals surface area contributed by atoms with Gasteiger partial charge in [-0.25, -0.2) is 0 Å². The molecule has 8 nitrogen and oxygen atoms in total. The monoisotopic (exact) mass is 486 g/mol. The summed E-state index contributed by atoms with van der Waals surface area (Å²) in [5, 5.41) is 22.0. The Morgan fingerprint density at radius 2 is 2.04 bits per heavy atom. The highest BCUT2D eigenvalue weighted by molar-refractivity contribution is 14.0. The lowest BCUT2D eigenvalue weighted by atomic mass is 10.1. The van der Waals surface area contributed by atoms with Gasteiger partial charge < -0.3 is 10.6 Å². The van der Waals surface area contributed by atoms with Gasteiger partial charge in [0.15, 0.2) is 5.96 Å². The Bertz CT molecular complexity index is 818. The minimum atomic E-state index is -0.371. The van der Waals surface area contributed by atoms with Gasteiger partial charge >= 0.3 is 0 Å². The van der Waals surface area contributed by atoms with Crippen molar-refractivity contribution < 1.29 is 4.92 Å². The number of nitrogens with one attached hydrogen (secondary N) is 2. The number of halogens is 1. The summed E-state index contributed by atoms with van der Waals surface area (Å²) in [5.74, 6) is 0.606. The molecule has 0 amide bonds. The average molecular weight is 486 g/mol. The second-order valence-corrected chi connectivity index (χ2v) is 6.33. The van der Waals surface area contributed by atoms with E-state index in [1.54, 1.807) is 25.2 Å². The van der Waals surface area contributed by atoms with E-state index in [2.05, 4.69) is 34.6 Å². The van der Waals surface area contributed by atoms with Crippen molar-refractivity contribution in [2.45, 2.75) is 39.8 Å². The van der Waals surface area contributed by atoms with E-state index in [1.165, 1.54) is 11.6 Å². The van der Waals surface area contributed by atoms with Gasteiger partial charge in [0, 0.05) is 44.0 Å². The van der Waals surface area contributed by atoms with E-state index >= 15 is 0 Å². The largest absolute Gasteiger partial charge is 0.354 e. The molecule has 0 saturated carbocycles. The van der Waals surface area contributed by atoms with Crippen LogP contribution in [0.15, 0.2) is 29.3 Å². The molecule has 2 N–H and O–H groups in total. The van der Waals surface area contributed by atoms with Crippen LogP contribution in [-0.4, -0.2) is 33.8 Å². The minimum absolute atomic E-state index is 0. The van der Waals surface area contributed by atoms with Crippen molar-refractivity contribution in [2.75, 3.05) is 7.05 Å². The SMILES string of the molecule is CN=C(NCc1ccccc1[N+](=O)[O-])NC(C)Cc1c(C)nn(C)c1C.I. The van der Waals surface area contributed by atoms with E-state index < -0.39 is 0 Å².